The first kappa shape index (κ1) is 19.8. The van der Waals surface area contributed by atoms with Crippen molar-refractivity contribution in [1.29, 1.82) is 0 Å². The maximum atomic E-state index is 13.1. The van der Waals surface area contributed by atoms with Crippen LogP contribution in [0.4, 0.5) is 11.6 Å². The molecule has 7 nitrogen and oxygen atoms in total. The number of hydrogen-bond donors (Lipinski definition) is 0. The number of hydrogen-bond acceptors (Lipinski definition) is 5. The van der Waals surface area contributed by atoms with E-state index in [0.29, 0.717) is 18.2 Å². The number of rotatable bonds is 4. The molecule has 2 aromatic heterocycles. The molecule has 0 radical (unpaired) electrons. The molecule has 7 heteroatoms. The monoisotopic (exact) mass is 403 g/mol. The zero-order chi connectivity index (χ0) is 21.1. The lowest BCUT2D eigenvalue weighted by atomic mass is 9.96. The van der Waals surface area contributed by atoms with Crippen molar-refractivity contribution in [2.75, 3.05) is 29.9 Å². The van der Waals surface area contributed by atoms with E-state index in [4.69, 9.17) is 4.98 Å². The van der Waals surface area contributed by atoms with Gasteiger partial charge in [0.15, 0.2) is 0 Å². The van der Waals surface area contributed by atoms with Gasteiger partial charge in [-0.2, -0.15) is 0 Å². The molecule has 0 spiro atoms. The molecule has 1 aliphatic heterocycles. The van der Waals surface area contributed by atoms with Crippen LogP contribution in [0.15, 0.2) is 65.7 Å². The third-order valence-electron chi connectivity index (χ3n) is 5.61. The second-order valence-electron chi connectivity index (χ2n) is 7.59. The van der Waals surface area contributed by atoms with Crippen LogP contribution in [-0.4, -0.2) is 40.6 Å². The fraction of sp³-hybridized carbons (Fsp3) is 0.304. The van der Waals surface area contributed by atoms with E-state index in [-0.39, 0.29) is 17.4 Å². The SMILES string of the molecule is CN(C(=O)C1CCCN(c2nc(-c3ccncc3)cc(=O)n2C)C1)c1ccccc1. The highest BCUT2D eigenvalue weighted by atomic mass is 16.2. The molecule has 0 aliphatic carbocycles. The van der Waals surface area contributed by atoms with Gasteiger partial charge >= 0.3 is 0 Å². The summed E-state index contributed by atoms with van der Waals surface area (Å²) in [6, 6.07) is 14.9. The summed E-state index contributed by atoms with van der Waals surface area (Å²) < 4.78 is 1.55. The molecule has 3 heterocycles. The van der Waals surface area contributed by atoms with E-state index in [2.05, 4.69) is 9.88 Å². The van der Waals surface area contributed by atoms with Gasteiger partial charge in [-0.3, -0.25) is 19.1 Å². The molecule has 1 unspecified atom stereocenters. The van der Waals surface area contributed by atoms with Gasteiger partial charge in [-0.15, -0.1) is 0 Å². The Morgan fingerprint density at radius 2 is 1.87 bits per heavy atom. The molecule has 30 heavy (non-hydrogen) atoms. The Balaban J connectivity index is 1.60. The van der Waals surface area contributed by atoms with Crippen LogP contribution in [0.25, 0.3) is 11.3 Å². The molecule has 1 amide bonds. The van der Waals surface area contributed by atoms with E-state index in [1.807, 2.05) is 49.5 Å². The van der Waals surface area contributed by atoms with Crippen LogP contribution in [0.5, 0.6) is 0 Å². The average Bonchev–Trinajstić information content (AvgIpc) is 2.81. The van der Waals surface area contributed by atoms with Gasteiger partial charge < -0.3 is 9.80 Å². The number of carbonyl (C=O) groups excluding carboxylic acids is 1. The predicted octanol–water partition coefficient (Wildman–Crippen LogP) is 2.72. The summed E-state index contributed by atoms with van der Waals surface area (Å²) in [6.45, 7) is 1.30. The van der Waals surface area contributed by atoms with Crippen molar-refractivity contribution in [3.05, 3.63) is 71.3 Å². The van der Waals surface area contributed by atoms with Crippen LogP contribution >= 0.6 is 0 Å². The van der Waals surface area contributed by atoms with Gasteiger partial charge in [0.25, 0.3) is 5.56 Å². The summed E-state index contributed by atoms with van der Waals surface area (Å²) in [7, 11) is 3.54. The number of piperidine rings is 1. The summed E-state index contributed by atoms with van der Waals surface area (Å²) in [5, 5.41) is 0. The van der Waals surface area contributed by atoms with Crippen LogP contribution in [0.3, 0.4) is 0 Å². The highest BCUT2D eigenvalue weighted by molar-refractivity contribution is 5.95. The van der Waals surface area contributed by atoms with Crippen LogP contribution in [0.2, 0.25) is 0 Å². The number of benzene rings is 1. The Morgan fingerprint density at radius 3 is 2.60 bits per heavy atom. The summed E-state index contributed by atoms with van der Waals surface area (Å²) >= 11 is 0. The highest BCUT2D eigenvalue weighted by Crippen LogP contribution is 2.25. The lowest BCUT2D eigenvalue weighted by Gasteiger charge is -2.35. The van der Waals surface area contributed by atoms with Crippen molar-refractivity contribution in [2.45, 2.75) is 12.8 Å². The van der Waals surface area contributed by atoms with Crippen molar-refractivity contribution in [3.8, 4) is 11.3 Å². The molecule has 0 saturated carbocycles. The number of pyridine rings is 1. The third-order valence-corrected chi connectivity index (χ3v) is 5.61. The average molecular weight is 403 g/mol. The Morgan fingerprint density at radius 1 is 1.13 bits per heavy atom. The Hall–Kier alpha value is -3.48. The zero-order valence-corrected chi connectivity index (χ0v) is 17.2. The van der Waals surface area contributed by atoms with Crippen LogP contribution in [-0.2, 0) is 11.8 Å². The third kappa shape index (κ3) is 3.96. The van der Waals surface area contributed by atoms with Gasteiger partial charge in [0.05, 0.1) is 11.6 Å². The predicted molar refractivity (Wildman–Crippen MR) is 117 cm³/mol. The number of anilines is 2. The fourth-order valence-electron chi connectivity index (χ4n) is 3.89. The second-order valence-corrected chi connectivity index (χ2v) is 7.59. The molecule has 1 atom stereocenters. The number of carbonyl (C=O) groups is 1. The van der Waals surface area contributed by atoms with Crippen molar-refractivity contribution in [3.63, 3.8) is 0 Å². The Kier molecular flexibility index (Phi) is 5.61. The highest BCUT2D eigenvalue weighted by Gasteiger charge is 2.30. The summed E-state index contributed by atoms with van der Waals surface area (Å²) in [6.07, 6.45) is 5.06. The van der Waals surface area contributed by atoms with Crippen molar-refractivity contribution in [1.82, 2.24) is 14.5 Å². The lowest BCUT2D eigenvalue weighted by Crippen LogP contribution is -2.45. The molecule has 1 aromatic carbocycles. The van der Waals surface area contributed by atoms with E-state index >= 15 is 0 Å². The van der Waals surface area contributed by atoms with Crippen molar-refractivity contribution in [2.24, 2.45) is 13.0 Å². The standard InChI is InChI=1S/C23H25N5O2/c1-26(19-8-4-3-5-9-19)22(30)18-7-6-14-28(16-18)23-25-20(15-21(29)27(23)2)17-10-12-24-13-11-17/h3-5,8-13,15,18H,6-7,14,16H2,1-2H3. The molecule has 1 aliphatic rings. The maximum Gasteiger partial charge on any atom is 0.255 e. The normalized spacial score (nSPS) is 16.3. The van der Waals surface area contributed by atoms with E-state index in [1.54, 1.807) is 28.9 Å². The van der Waals surface area contributed by atoms with Gasteiger partial charge in [0.2, 0.25) is 11.9 Å². The zero-order valence-electron chi connectivity index (χ0n) is 17.2. The summed E-state index contributed by atoms with van der Waals surface area (Å²) in [5.74, 6) is 0.529. The minimum atomic E-state index is -0.148. The molecule has 1 saturated heterocycles. The van der Waals surface area contributed by atoms with Gasteiger partial charge in [0.1, 0.15) is 0 Å². The van der Waals surface area contributed by atoms with Gasteiger partial charge in [-0.1, -0.05) is 18.2 Å². The molecule has 0 bridgehead atoms. The van der Waals surface area contributed by atoms with Crippen LogP contribution in [0, 0.1) is 5.92 Å². The molecule has 4 rings (SSSR count). The lowest BCUT2D eigenvalue weighted by molar-refractivity contribution is -0.122. The van der Waals surface area contributed by atoms with E-state index in [9.17, 15) is 9.59 Å². The second kappa shape index (κ2) is 8.49. The van der Waals surface area contributed by atoms with Gasteiger partial charge in [-0.05, 0) is 37.1 Å². The Labute approximate surface area is 175 Å². The van der Waals surface area contributed by atoms with E-state index in [1.165, 1.54) is 6.07 Å². The first-order valence-corrected chi connectivity index (χ1v) is 10.1. The van der Waals surface area contributed by atoms with E-state index in [0.717, 1.165) is 30.6 Å². The smallest absolute Gasteiger partial charge is 0.255 e. The maximum absolute atomic E-state index is 13.1. The van der Waals surface area contributed by atoms with Crippen LogP contribution < -0.4 is 15.4 Å². The molecule has 154 valence electrons. The quantitative estimate of drug-likeness (QED) is 0.670. The Bertz CT molecular complexity index is 1080. The fourth-order valence-corrected chi connectivity index (χ4v) is 3.89. The number of para-hydroxylation sites is 1. The molecule has 3 aromatic rings. The topological polar surface area (TPSA) is 71.3 Å². The first-order chi connectivity index (χ1) is 14.5. The first-order valence-electron chi connectivity index (χ1n) is 10.1. The van der Waals surface area contributed by atoms with Crippen molar-refractivity contribution >= 4 is 17.5 Å². The van der Waals surface area contributed by atoms with Crippen molar-refractivity contribution < 1.29 is 4.79 Å². The number of amides is 1. The minimum absolute atomic E-state index is 0.0844. The molecular weight excluding hydrogens is 378 g/mol. The minimum Gasteiger partial charge on any atom is -0.341 e. The summed E-state index contributed by atoms with van der Waals surface area (Å²) in [5.41, 5.74) is 2.22. The van der Waals surface area contributed by atoms with Crippen LogP contribution in [0.1, 0.15) is 12.8 Å². The number of nitrogens with zero attached hydrogens (tertiary/aromatic N) is 5. The largest absolute Gasteiger partial charge is 0.341 e. The molecule has 1 fully saturated rings. The molecular formula is C23H25N5O2. The molecule has 0 N–H and O–H groups in total. The van der Waals surface area contributed by atoms with Gasteiger partial charge in [-0.25, -0.2) is 4.98 Å². The number of aromatic nitrogens is 3. The van der Waals surface area contributed by atoms with E-state index < -0.39 is 0 Å². The van der Waals surface area contributed by atoms with Gasteiger partial charge in [0, 0.05) is 56.9 Å². The summed E-state index contributed by atoms with van der Waals surface area (Å²) in [4.78, 5) is 38.3.